The van der Waals surface area contributed by atoms with Crippen molar-refractivity contribution in [1.82, 2.24) is 10.9 Å². The van der Waals surface area contributed by atoms with Gasteiger partial charge in [-0.15, -0.1) is 0 Å². The Kier molecular flexibility index (Phi) is 7.63. The van der Waals surface area contributed by atoms with Crippen molar-refractivity contribution in [3.8, 4) is 11.5 Å². The van der Waals surface area contributed by atoms with Gasteiger partial charge in [0, 0.05) is 11.6 Å². The third-order valence-corrected chi connectivity index (χ3v) is 3.80. The predicted octanol–water partition coefficient (Wildman–Crippen LogP) is 3.51. The van der Waals surface area contributed by atoms with Crippen LogP contribution < -0.4 is 20.3 Å². The van der Waals surface area contributed by atoms with Crippen LogP contribution >= 0.6 is 0 Å². The van der Waals surface area contributed by atoms with Crippen LogP contribution in [0.4, 0.5) is 0 Å². The van der Waals surface area contributed by atoms with E-state index in [-0.39, 0.29) is 5.91 Å². The van der Waals surface area contributed by atoms with E-state index in [1.807, 2.05) is 25.1 Å². The lowest BCUT2D eigenvalue weighted by atomic mass is 10.1. The second-order valence-corrected chi connectivity index (χ2v) is 6.76. The summed E-state index contributed by atoms with van der Waals surface area (Å²) < 4.78 is 11.1. The zero-order valence-electron chi connectivity index (χ0n) is 16.6. The number of benzene rings is 2. The highest BCUT2D eigenvalue weighted by molar-refractivity contribution is 5.97. The van der Waals surface area contributed by atoms with E-state index in [4.69, 9.17) is 9.47 Å². The van der Waals surface area contributed by atoms with Gasteiger partial charge in [-0.3, -0.25) is 20.4 Å². The van der Waals surface area contributed by atoms with Crippen LogP contribution in [-0.4, -0.2) is 25.5 Å². The van der Waals surface area contributed by atoms with Crippen molar-refractivity contribution >= 4 is 17.9 Å². The van der Waals surface area contributed by atoms with E-state index in [1.165, 1.54) is 6.08 Å². The minimum Gasteiger partial charge on any atom is -0.493 e. The van der Waals surface area contributed by atoms with Crippen molar-refractivity contribution in [3.05, 3.63) is 65.2 Å². The lowest BCUT2D eigenvalue weighted by molar-refractivity contribution is -0.117. The van der Waals surface area contributed by atoms with Gasteiger partial charge >= 0.3 is 0 Å². The Morgan fingerprint density at radius 3 is 2.39 bits per heavy atom. The molecule has 0 spiro atoms. The van der Waals surface area contributed by atoms with Crippen molar-refractivity contribution in [1.29, 1.82) is 0 Å². The molecule has 2 aromatic carbocycles. The summed E-state index contributed by atoms with van der Waals surface area (Å²) in [7, 11) is 1.57. The Morgan fingerprint density at radius 1 is 1.04 bits per heavy atom. The highest BCUT2D eigenvalue weighted by Gasteiger charge is 2.07. The molecule has 28 heavy (non-hydrogen) atoms. The molecule has 2 N–H and O–H groups in total. The quantitative estimate of drug-likeness (QED) is 0.567. The van der Waals surface area contributed by atoms with Crippen LogP contribution in [0.5, 0.6) is 11.5 Å². The number of ether oxygens (including phenoxy) is 2. The SMILES string of the molecule is COc1cc(/C=C/C(=O)NNC(=O)c2ccc(C)cc2)ccc1OCC(C)C. The molecule has 0 aliphatic carbocycles. The molecule has 0 atom stereocenters. The van der Waals surface area contributed by atoms with E-state index in [0.717, 1.165) is 11.1 Å². The van der Waals surface area contributed by atoms with E-state index in [2.05, 4.69) is 24.7 Å². The van der Waals surface area contributed by atoms with Crippen molar-refractivity contribution in [3.63, 3.8) is 0 Å². The topological polar surface area (TPSA) is 76.7 Å². The Morgan fingerprint density at radius 2 is 1.75 bits per heavy atom. The van der Waals surface area contributed by atoms with E-state index in [0.29, 0.717) is 29.6 Å². The highest BCUT2D eigenvalue weighted by Crippen LogP contribution is 2.28. The number of hydrogen-bond donors (Lipinski definition) is 2. The molecule has 0 bridgehead atoms. The van der Waals surface area contributed by atoms with Gasteiger partial charge in [-0.05, 0) is 48.7 Å². The van der Waals surface area contributed by atoms with E-state index >= 15 is 0 Å². The molecule has 0 saturated carbocycles. The van der Waals surface area contributed by atoms with Crippen LogP contribution in [0.15, 0.2) is 48.5 Å². The van der Waals surface area contributed by atoms with Crippen molar-refractivity contribution < 1.29 is 19.1 Å². The molecule has 0 aliphatic heterocycles. The number of hydrazine groups is 1. The number of rotatable bonds is 7. The summed E-state index contributed by atoms with van der Waals surface area (Å²) in [5.41, 5.74) is 7.03. The lowest BCUT2D eigenvalue weighted by Crippen LogP contribution is -2.40. The van der Waals surface area contributed by atoms with Crippen LogP contribution in [0.3, 0.4) is 0 Å². The summed E-state index contributed by atoms with van der Waals surface area (Å²) in [6.45, 7) is 6.67. The van der Waals surface area contributed by atoms with E-state index in [9.17, 15) is 9.59 Å². The zero-order chi connectivity index (χ0) is 20.5. The number of carbonyl (C=O) groups excluding carboxylic acids is 2. The first-order valence-corrected chi connectivity index (χ1v) is 9.05. The maximum Gasteiger partial charge on any atom is 0.269 e. The van der Waals surface area contributed by atoms with Gasteiger partial charge in [0.25, 0.3) is 11.8 Å². The summed E-state index contributed by atoms with van der Waals surface area (Å²) in [5, 5.41) is 0. The van der Waals surface area contributed by atoms with Gasteiger partial charge in [-0.2, -0.15) is 0 Å². The smallest absolute Gasteiger partial charge is 0.269 e. The summed E-state index contributed by atoms with van der Waals surface area (Å²) in [6, 6.07) is 12.5. The number of amides is 2. The number of nitrogens with one attached hydrogen (secondary N) is 2. The van der Waals surface area contributed by atoms with Crippen LogP contribution in [0.2, 0.25) is 0 Å². The normalized spacial score (nSPS) is 10.8. The van der Waals surface area contributed by atoms with Crippen LogP contribution in [0.1, 0.15) is 35.3 Å². The minimum absolute atomic E-state index is 0.380. The average Bonchev–Trinajstić information content (AvgIpc) is 2.69. The first kappa shape index (κ1) is 21.0. The molecule has 0 aromatic heterocycles. The van der Waals surface area contributed by atoms with Crippen molar-refractivity contribution in [2.75, 3.05) is 13.7 Å². The first-order valence-electron chi connectivity index (χ1n) is 9.05. The molecule has 0 aliphatic rings. The number of aryl methyl sites for hydroxylation is 1. The first-order chi connectivity index (χ1) is 13.4. The Labute approximate surface area is 165 Å². The maximum absolute atomic E-state index is 12.0. The minimum atomic E-state index is -0.445. The standard InChI is InChI=1S/C22H26N2O4/c1-15(2)14-28-19-11-7-17(13-20(19)27-4)8-12-21(25)23-24-22(26)18-9-5-16(3)6-10-18/h5-13,15H,14H2,1-4H3,(H,23,25)(H,24,26)/b12-8+. The molecule has 2 aromatic rings. The third-order valence-electron chi connectivity index (χ3n) is 3.80. The molecular weight excluding hydrogens is 356 g/mol. The fourth-order valence-electron chi connectivity index (χ4n) is 2.27. The summed E-state index contributed by atoms with van der Waals surface area (Å²) in [5.74, 6) is 0.830. The molecule has 2 amide bonds. The van der Waals surface area contributed by atoms with Crippen LogP contribution in [-0.2, 0) is 4.79 Å². The van der Waals surface area contributed by atoms with Gasteiger partial charge in [0.05, 0.1) is 13.7 Å². The molecule has 2 rings (SSSR count). The number of carbonyl (C=O) groups is 2. The zero-order valence-corrected chi connectivity index (χ0v) is 16.6. The average molecular weight is 382 g/mol. The molecule has 0 fully saturated rings. The predicted molar refractivity (Wildman–Crippen MR) is 109 cm³/mol. The molecule has 0 radical (unpaired) electrons. The lowest BCUT2D eigenvalue weighted by Gasteiger charge is -2.12. The molecule has 6 heteroatoms. The highest BCUT2D eigenvalue weighted by atomic mass is 16.5. The van der Waals surface area contributed by atoms with Crippen molar-refractivity contribution in [2.45, 2.75) is 20.8 Å². The van der Waals surface area contributed by atoms with Gasteiger partial charge < -0.3 is 9.47 Å². The second kappa shape index (κ2) is 10.2. The fourth-order valence-corrected chi connectivity index (χ4v) is 2.27. The third kappa shape index (κ3) is 6.46. The largest absolute Gasteiger partial charge is 0.493 e. The van der Waals surface area contributed by atoms with E-state index in [1.54, 1.807) is 37.5 Å². The van der Waals surface area contributed by atoms with Crippen LogP contribution in [0.25, 0.3) is 6.08 Å². The summed E-state index contributed by atoms with van der Waals surface area (Å²) >= 11 is 0. The maximum atomic E-state index is 12.0. The van der Waals surface area contributed by atoms with Crippen molar-refractivity contribution in [2.24, 2.45) is 5.92 Å². The van der Waals surface area contributed by atoms with E-state index < -0.39 is 5.91 Å². The molecule has 0 unspecified atom stereocenters. The molecule has 6 nitrogen and oxygen atoms in total. The Balaban J connectivity index is 1.92. The van der Waals surface area contributed by atoms with Gasteiger partial charge in [-0.25, -0.2) is 0 Å². The second-order valence-electron chi connectivity index (χ2n) is 6.76. The molecular formula is C22H26N2O4. The summed E-state index contributed by atoms with van der Waals surface area (Å²) in [6.07, 6.45) is 2.96. The summed E-state index contributed by atoms with van der Waals surface area (Å²) in [4.78, 5) is 23.9. The Hall–Kier alpha value is -3.28. The van der Waals surface area contributed by atoms with Gasteiger partial charge in [0.2, 0.25) is 0 Å². The van der Waals surface area contributed by atoms with Gasteiger partial charge in [0.15, 0.2) is 11.5 Å². The van der Waals surface area contributed by atoms with Gasteiger partial charge in [-0.1, -0.05) is 37.6 Å². The number of methoxy groups -OCH3 is 1. The molecule has 148 valence electrons. The Bertz CT molecular complexity index is 842. The fraction of sp³-hybridized carbons (Fsp3) is 0.273. The van der Waals surface area contributed by atoms with Crippen LogP contribution in [0, 0.1) is 12.8 Å². The number of hydrogen-bond acceptors (Lipinski definition) is 4. The molecule has 0 saturated heterocycles. The monoisotopic (exact) mass is 382 g/mol. The molecule has 0 heterocycles. The van der Waals surface area contributed by atoms with Gasteiger partial charge in [0.1, 0.15) is 0 Å².